The number of anilines is 2. The third kappa shape index (κ3) is 8.18. The van der Waals surface area contributed by atoms with E-state index in [-0.39, 0.29) is 50.0 Å². The predicted molar refractivity (Wildman–Crippen MR) is 190 cm³/mol. The summed E-state index contributed by atoms with van der Waals surface area (Å²) in [5, 5.41) is 18.4. The van der Waals surface area contributed by atoms with Crippen molar-refractivity contribution < 1.29 is 33.0 Å². The maximum Gasteiger partial charge on any atom is 0.350 e. The summed E-state index contributed by atoms with van der Waals surface area (Å²) in [6.07, 6.45) is 5.83. The molecule has 1 saturated heterocycles. The van der Waals surface area contributed by atoms with E-state index in [0.29, 0.717) is 48.5 Å². The van der Waals surface area contributed by atoms with Crippen molar-refractivity contribution in [1.29, 1.82) is 0 Å². The van der Waals surface area contributed by atoms with Crippen molar-refractivity contribution in [2.24, 2.45) is 5.92 Å². The van der Waals surface area contributed by atoms with Gasteiger partial charge in [0.2, 0.25) is 12.8 Å². The first kappa shape index (κ1) is 37.0. The lowest BCUT2D eigenvalue weighted by Crippen LogP contribution is -2.34. The normalized spacial score (nSPS) is 18.0. The average Bonchev–Trinajstić information content (AvgIpc) is 3.91. The Labute approximate surface area is 303 Å². The molecule has 4 atom stereocenters. The molecular weight excluding hydrogens is 690 g/mol. The van der Waals surface area contributed by atoms with Crippen LogP contribution in [0.1, 0.15) is 38.3 Å². The summed E-state index contributed by atoms with van der Waals surface area (Å²) >= 11 is 0. The SMILES string of the molecule is CCC(C(C)O)n1ncn(-c2ccc(N(C=O)CCN(C=O)c3ccc(OCC4COC(Cn5cncn5)(c5ccc(F)cc5F)C4)cc3)cc2)c1=O. The molecule has 53 heavy (non-hydrogen) atoms. The van der Waals surface area contributed by atoms with Crippen molar-refractivity contribution in [2.45, 2.75) is 51.0 Å². The minimum absolute atomic E-state index is 0.111. The molecule has 0 saturated carbocycles. The lowest BCUT2D eigenvalue weighted by atomic mass is 9.87. The number of aromatic nitrogens is 6. The number of halogens is 2. The highest BCUT2D eigenvalue weighted by molar-refractivity contribution is 5.78. The molecule has 1 aliphatic rings. The fourth-order valence-electron chi connectivity index (χ4n) is 6.68. The number of benzene rings is 3. The van der Waals surface area contributed by atoms with Gasteiger partial charge < -0.3 is 24.4 Å². The second kappa shape index (κ2) is 16.3. The van der Waals surface area contributed by atoms with Crippen LogP contribution in [0.5, 0.6) is 5.75 Å². The average molecular weight is 731 g/mol. The highest BCUT2D eigenvalue weighted by atomic mass is 19.1. The first-order chi connectivity index (χ1) is 25.6. The van der Waals surface area contributed by atoms with Crippen LogP contribution < -0.4 is 20.2 Å². The van der Waals surface area contributed by atoms with E-state index < -0.39 is 29.4 Å². The van der Waals surface area contributed by atoms with E-state index >= 15 is 0 Å². The molecule has 0 spiro atoms. The highest BCUT2D eigenvalue weighted by Crippen LogP contribution is 2.42. The number of nitrogens with zero attached hydrogens (tertiary/aromatic N) is 8. The van der Waals surface area contributed by atoms with E-state index in [0.717, 1.165) is 6.07 Å². The highest BCUT2D eigenvalue weighted by Gasteiger charge is 2.44. The van der Waals surface area contributed by atoms with Gasteiger partial charge in [0.1, 0.15) is 42.0 Å². The fraction of sp³-hybridized carbons (Fsp3) is 0.351. The van der Waals surface area contributed by atoms with Crippen LogP contribution in [0.15, 0.2) is 90.5 Å². The first-order valence-electron chi connectivity index (χ1n) is 17.2. The molecule has 0 radical (unpaired) electrons. The number of carbonyl (C=O) groups is 2. The van der Waals surface area contributed by atoms with Gasteiger partial charge >= 0.3 is 5.69 Å². The molecular formula is C37H40F2N8O6. The zero-order valence-corrected chi connectivity index (χ0v) is 29.2. The molecule has 3 heterocycles. The molecule has 6 rings (SSSR count). The van der Waals surface area contributed by atoms with Crippen LogP contribution in [0.25, 0.3) is 5.69 Å². The number of aliphatic hydroxyl groups excluding tert-OH is 1. The number of hydrogen-bond donors (Lipinski definition) is 1. The smallest absolute Gasteiger partial charge is 0.350 e. The quantitative estimate of drug-likeness (QED) is 0.141. The van der Waals surface area contributed by atoms with Crippen LogP contribution in [-0.2, 0) is 26.5 Å². The van der Waals surface area contributed by atoms with Crippen molar-refractivity contribution in [2.75, 3.05) is 36.1 Å². The molecule has 3 aromatic carbocycles. The van der Waals surface area contributed by atoms with E-state index in [1.165, 1.54) is 50.2 Å². The lowest BCUT2D eigenvalue weighted by molar-refractivity contribution is -0.108. The zero-order valence-electron chi connectivity index (χ0n) is 29.2. The standard InChI is InChI=1S/C37H40F2N8O6/c1-3-35(26(2)50)47-36(51)46(23-42-47)31-7-5-29(6-8-31)43(24-48)14-15-44(25-49)30-9-11-32(12-10-30)52-18-27-17-37(53-19-27,20-45-22-40-21-41-45)33-13-4-28(38)16-34(33)39/h4-13,16,21-27,35,50H,3,14-15,17-20H2,1-2H3. The predicted octanol–water partition coefficient (Wildman–Crippen LogP) is 3.87. The van der Waals surface area contributed by atoms with Crippen molar-refractivity contribution >= 4 is 24.2 Å². The van der Waals surface area contributed by atoms with Gasteiger partial charge in [-0.1, -0.05) is 13.0 Å². The molecule has 278 valence electrons. The Kier molecular flexibility index (Phi) is 11.4. The Hall–Kier alpha value is -5.74. The number of rotatable bonds is 17. The van der Waals surface area contributed by atoms with Crippen molar-refractivity contribution in [3.63, 3.8) is 0 Å². The minimum Gasteiger partial charge on any atom is -0.493 e. The second-order valence-corrected chi connectivity index (χ2v) is 13.0. The summed E-state index contributed by atoms with van der Waals surface area (Å²) in [7, 11) is 0. The van der Waals surface area contributed by atoms with Crippen molar-refractivity contribution in [3.8, 4) is 11.4 Å². The number of ether oxygens (including phenoxy) is 2. The summed E-state index contributed by atoms with van der Waals surface area (Å²) < 4.78 is 45.1. The Morgan fingerprint density at radius 3 is 2.26 bits per heavy atom. The topological polar surface area (TPSA) is 150 Å². The molecule has 2 aromatic heterocycles. The summed E-state index contributed by atoms with van der Waals surface area (Å²) in [4.78, 5) is 44.0. The minimum atomic E-state index is -1.09. The van der Waals surface area contributed by atoms with E-state index in [4.69, 9.17) is 9.47 Å². The molecule has 1 N–H and O–H groups in total. The van der Waals surface area contributed by atoms with Crippen LogP contribution in [0, 0.1) is 17.6 Å². The lowest BCUT2D eigenvalue weighted by Gasteiger charge is -2.29. The van der Waals surface area contributed by atoms with Crippen molar-refractivity contribution in [1.82, 2.24) is 29.1 Å². The van der Waals surface area contributed by atoms with Crippen LogP contribution in [-0.4, -0.2) is 79.4 Å². The maximum atomic E-state index is 15.0. The maximum absolute atomic E-state index is 15.0. The molecule has 1 fully saturated rings. The third-order valence-corrected chi connectivity index (χ3v) is 9.45. The number of aliphatic hydroxyl groups is 1. The van der Waals surface area contributed by atoms with Gasteiger partial charge in [-0.2, -0.15) is 10.2 Å². The van der Waals surface area contributed by atoms with E-state index in [1.54, 1.807) is 60.1 Å². The van der Waals surface area contributed by atoms with Gasteiger partial charge in [-0.15, -0.1) is 0 Å². The molecule has 0 bridgehead atoms. The molecule has 2 amide bonds. The fourth-order valence-corrected chi connectivity index (χ4v) is 6.68. The Bertz CT molecular complexity index is 2040. The van der Waals surface area contributed by atoms with Crippen molar-refractivity contribution in [3.05, 3.63) is 113 Å². The van der Waals surface area contributed by atoms with E-state index in [9.17, 15) is 28.3 Å². The molecule has 16 heteroatoms. The van der Waals surface area contributed by atoms with Crippen LogP contribution in [0.3, 0.4) is 0 Å². The van der Waals surface area contributed by atoms with E-state index in [2.05, 4.69) is 15.2 Å². The van der Waals surface area contributed by atoms with Gasteiger partial charge in [0.15, 0.2) is 0 Å². The van der Waals surface area contributed by atoms with Gasteiger partial charge in [-0.05, 0) is 74.4 Å². The van der Waals surface area contributed by atoms with Crippen LogP contribution >= 0.6 is 0 Å². The third-order valence-electron chi connectivity index (χ3n) is 9.45. The molecule has 14 nitrogen and oxygen atoms in total. The van der Waals surface area contributed by atoms with E-state index in [1.807, 2.05) is 6.92 Å². The monoisotopic (exact) mass is 730 g/mol. The largest absolute Gasteiger partial charge is 0.493 e. The molecule has 1 aliphatic heterocycles. The van der Waals surface area contributed by atoms with Gasteiger partial charge in [-0.25, -0.2) is 32.5 Å². The Balaban J connectivity index is 1.05. The summed E-state index contributed by atoms with van der Waals surface area (Å²) in [6, 6.07) is 16.7. The Morgan fingerprint density at radius 2 is 1.68 bits per heavy atom. The van der Waals surface area contributed by atoms with Gasteiger partial charge in [0, 0.05) is 42.0 Å². The first-order valence-corrected chi connectivity index (χ1v) is 17.2. The summed E-state index contributed by atoms with van der Waals surface area (Å²) in [5.74, 6) is -0.936. The second-order valence-electron chi connectivity index (χ2n) is 13.0. The Morgan fingerprint density at radius 1 is 1.00 bits per heavy atom. The van der Waals surface area contributed by atoms with Crippen LogP contribution in [0.4, 0.5) is 20.2 Å². The summed E-state index contributed by atoms with van der Waals surface area (Å²) in [6.45, 7) is 4.61. The number of hydrogen-bond acceptors (Lipinski definition) is 9. The van der Waals surface area contributed by atoms with Gasteiger partial charge in [-0.3, -0.25) is 9.59 Å². The van der Waals surface area contributed by atoms with Gasteiger partial charge in [0.05, 0.1) is 37.6 Å². The summed E-state index contributed by atoms with van der Waals surface area (Å²) in [5.41, 5.74) is 0.463. The molecule has 4 unspecified atom stereocenters. The zero-order chi connectivity index (χ0) is 37.5. The number of amides is 2. The number of carbonyl (C=O) groups excluding carboxylic acids is 2. The van der Waals surface area contributed by atoms with Crippen LogP contribution in [0.2, 0.25) is 0 Å². The molecule has 0 aliphatic carbocycles. The van der Waals surface area contributed by atoms with Gasteiger partial charge in [0.25, 0.3) is 0 Å². The molecule has 5 aromatic rings.